The molecule has 0 saturated carbocycles. The fraction of sp³-hybridized carbons (Fsp3) is 0.778. The zero-order chi connectivity index (χ0) is 17.2. The smallest absolute Gasteiger partial charge is 0.410 e. The van der Waals surface area contributed by atoms with E-state index in [1.54, 1.807) is 11.2 Å². The van der Waals surface area contributed by atoms with Gasteiger partial charge in [0, 0.05) is 38.1 Å². The summed E-state index contributed by atoms with van der Waals surface area (Å²) in [5.41, 5.74) is 0.582. The van der Waals surface area contributed by atoms with Crippen molar-refractivity contribution >= 4 is 6.09 Å². The van der Waals surface area contributed by atoms with Gasteiger partial charge >= 0.3 is 6.09 Å². The lowest BCUT2D eigenvalue weighted by Gasteiger charge is -2.32. The topological polar surface area (TPSA) is 64.8 Å². The highest BCUT2D eigenvalue weighted by Gasteiger charge is 2.29. The summed E-state index contributed by atoms with van der Waals surface area (Å²) >= 11 is 0. The van der Waals surface area contributed by atoms with Gasteiger partial charge in [-0.05, 0) is 46.5 Å². The lowest BCUT2D eigenvalue weighted by Crippen LogP contribution is -2.41. The molecule has 6 nitrogen and oxygen atoms in total. The van der Waals surface area contributed by atoms with Crippen LogP contribution in [-0.2, 0) is 9.47 Å². The molecule has 2 saturated heterocycles. The van der Waals surface area contributed by atoms with Crippen molar-refractivity contribution in [3.63, 3.8) is 0 Å². The van der Waals surface area contributed by atoms with Crippen molar-refractivity contribution in [2.45, 2.75) is 63.9 Å². The van der Waals surface area contributed by atoms with Gasteiger partial charge in [-0.1, -0.05) is 0 Å². The largest absolute Gasteiger partial charge is 0.448 e. The van der Waals surface area contributed by atoms with Crippen molar-refractivity contribution in [2.75, 3.05) is 26.3 Å². The molecule has 1 aromatic rings. The second kappa shape index (κ2) is 7.13. The second-order valence-electron chi connectivity index (χ2n) is 7.74. The molecular formula is C18H28N2O4. The average molecular weight is 336 g/mol. The Balaban J connectivity index is 1.53. The molecule has 2 aliphatic rings. The van der Waals surface area contributed by atoms with Crippen molar-refractivity contribution in [1.82, 2.24) is 9.88 Å². The zero-order valence-electron chi connectivity index (χ0n) is 14.9. The van der Waals surface area contributed by atoms with Crippen LogP contribution in [0, 0.1) is 0 Å². The number of carbonyl (C=O) groups is 1. The number of rotatable bonds is 2. The number of nitrogens with zero attached hydrogens (tertiary/aromatic N) is 2. The van der Waals surface area contributed by atoms with Gasteiger partial charge in [-0.25, -0.2) is 9.78 Å². The van der Waals surface area contributed by atoms with Crippen LogP contribution >= 0.6 is 0 Å². The second-order valence-corrected chi connectivity index (χ2v) is 7.74. The Morgan fingerprint density at radius 2 is 1.83 bits per heavy atom. The average Bonchev–Trinajstić information content (AvgIpc) is 3.04. The molecule has 0 atom stereocenters. The SMILES string of the molecule is CC(C)(C)OC(=O)N1CCC(c2coc(C3CCOCC3)n2)CC1. The maximum absolute atomic E-state index is 12.1. The standard InChI is InChI=1S/C18H28N2O4/c1-18(2,3)24-17(21)20-8-4-13(5-9-20)15-12-23-16(19-15)14-6-10-22-11-7-14/h12-14H,4-11H2,1-3H3. The summed E-state index contributed by atoms with van der Waals surface area (Å²) in [4.78, 5) is 18.6. The molecule has 0 bridgehead atoms. The lowest BCUT2D eigenvalue weighted by molar-refractivity contribution is 0.0204. The maximum Gasteiger partial charge on any atom is 0.410 e. The number of aromatic nitrogens is 1. The minimum Gasteiger partial charge on any atom is -0.448 e. The first-order valence-electron chi connectivity index (χ1n) is 8.93. The molecule has 0 N–H and O–H groups in total. The van der Waals surface area contributed by atoms with E-state index >= 15 is 0 Å². The van der Waals surface area contributed by atoms with Crippen molar-refractivity contribution in [2.24, 2.45) is 0 Å². The number of oxazole rings is 1. The van der Waals surface area contributed by atoms with Gasteiger partial charge in [0.2, 0.25) is 0 Å². The van der Waals surface area contributed by atoms with Gasteiger partial charge < -0.3 is 18.8 Å². The highest BCUT2D eigenvalue weighted by Crippen LogP contribution is 2.32. The molecule has 2 fully saturated rings. The zero-order valence-corrected chi connectivity index (χ0v) is 14.9. The molecule has 6 heteroatoms. The molecule has 1 amide bonds. The monoisotopic (exact) mass is 336 g/mol. The molecule has 0 radical (unpaired) electrons. The Labute approximate surface area is 143 Å². The molecule has 0 spiro atoms. The number of ether oxygens (including phenoxy) is 2. The van der Waals surface area contributed by atoms with Crippen LogP contribution in [0.5, 0.6) is 0 Å². The van der Waals surface area contributed by atoms with Crippen LogP contribution in [0.2, 0.25) is 0 Å². The molecular weight excluding hydrogens is 308 g/mol. The minimum absolute atomic E-state index is 0.219. The number of hydrogen-bond donors (Lipinski definition) is 0. The van der Waals surface area contributed by atoms with Crippen LogP contribution in [0.25, 0.3) is 0 Å². The summed E-state index contributed by atoms with van der Waals surface area (Å²) in [6.45, 7) is 8.67. The highest BCUT2D eigenvalue weighted by atomic mass is 16.6. The van der Waals surface area contributed by atoms with Gasteiger partial charge in [-0.2, -0.15) is 0 Å². The fourth-order valence-corrected chi connectivity index (χ4v) is 3.30. The van der Waals surface area contributed by atoms with Gasteiger partial charge in [0.15, 0.2) is 5.89 Å². The Morgan fingerprint density at radius 1 is 1.17 bits per heavy atom. The van der Waals surface area contributed by atoms with E-state index in [1.807, 2.05) is 20.8 Å². The quantitative estimate of drug-likeness (QED) is 0.824. The maximum atomic E-state index is 12.1. The molecule has 0 unspecified atom stereocenters. The van der Waals surface area contributed by atoms with E-state index in [0.29, 0.717) is 24.9 Å². The predicted molar refractivity (Wildman–Crippen MR) is 89.1 cm³/mol. The Morgan fingerprint density at radius 3 is 2.46 bits per heavy atom. The van der Waals surface area contributed by atoms with E-state index in [1.165, 1.54) is 0 Å². The predicted octanol–water partition coefficient (Wildman–Crippen LogP) is 3.68. The summed E-state index contributed by atoms with van der Waals surface area (Å²) in [5, 5.41) is 0. The molecule has 3 heterocycles. The summed E-state index contributed by atoms with van der Waals surface area (Å²) in [6, 6.07) is 0. The molecule has 24 heavy (non-hydrogen) atoms. The number of carbonyl (C=O) groups excluding carboxylic acids is 1. The third kappa shape index (κ3) is 4.29. The van der Waals surface area contributed by atoms with Crippen LogP contribution in [0.3, 0.4) is 0 Å². The van der Waals surface area contributed by atoms with Crippen molar-refractivity contribution in [3.8, 4) is 0 Å². The van der Waals surface area contributed by atoms with E-state index in [9.17, 15) is 4.79 Å². The van der Waals surface area contributed by atoms with E-state index in [2.05, 4.69) is 0 Å². The Kier molecular flexibility index (Phi) is 5.13. The first-order valence-corrected chi connectivity index (χ1v) is 8.93. The van der Waals surface area contributed by atoms with Crippen molar-refractivity contribution in [3.05, 3.63) is 17.8 Å². The number of amides is 1. The summed E-state index contributed by atoms with van der Waals surface area (Å²) in [7, 11) is 0. The third-order valence-electron chi connectivity index (χ3n) is 4.68. The first kappa shape index (κ1) is 17.3. The minimum atomic E-state index is -0.446. The van der Waals surface area contributed by atoms with E-state index in [-0.39, 0.29) is 6.09 Å². The molecule has 134 valence electrons. The fourth-order valence-electron chi connectivity index (χ4n) is 3.30. The summed E-state index contributed by atoms with van der Waals surface area (Å²) in [5.74, 6) is 1.60. The normalized spacial score (nSPS) is 21.0. The molecule has 0 aliphatic carbocycles. The van der Waals surface area contributed by atoms with Crippen molar-refractivity contribution < 1.29 is 18.7 Å². The van der Waals surface area contributed by atoms with E-state index < -0.39 is 5.60 Å². The molecule has 2 aliphatic heterocycles. The molecule has 1 aromatic heterocycles. The van der Waals surface area contributed by atoms with E-state index in [4.69, 9.17) is 18.9 Å². The van der Waals surface area contributed by atoms with Crippen LogP contribution in [-0.4, -0.2) is 47.9 Å². The van der Waals surface area contributed by atoms with Crippen LogP contribution in [0.1, 0.15) is 69.9 Å². The van der Waals surface area contributed by atoms with Crippen LogP contribution in [0.15, 0.2) is 10.7 Å². The van der Waals surface area contributed by atoms with Gasteiger partial charge in [0.25, 0.3) is 0 Å². The van der Waals surface area contributed by atoms with E-state index in [0.717, 1.165) is 50.5 Å². The van der Waals surface area contributed by atoms with Gasteiger partial charge in [0.1, 0.15) is 11.9 Å². The third-order valence-corrected chi connectivity index (χ3v) is 4.68. The molecule has 3 rings (SSSR count). The Hall–Kier alpha value is -1.56. The van der Waals surface area contributed by atoms with Gasteiger partial charge in [0.05, 0.1) is 5.69 Å². The lowest BCUT2D eigenvalue weighted by atomic mass is 9.94. The summed E-state index contributed by atoms with van der Waals surface area (Å²) < 4.78 is 16.6. The summed E-state index contributed by atoms with van der Waals surface area (Å²) in [6.07, 6.45) is 5.36. The first-order chi connectivity index (χ1) is 11.4. The molecule has 0 aromatic carbocycles. The van der Waals surface area contributed by atoms with Crippen LogP contribution < -0.4 is 0 Å². The number of piperidine rings is 1. The van der Waals surface area contributed by atoms with Crippen molar-refractivity contribution in [1.29, 1.82) is 0 Å². The van der Waals surface area contributed by atoms with Gasteiger partial charge in [-0.15, -0.1) is 0 Å². The Bertz CT molecular complexity index is 550. The number of likely N-dealkylation sites (tertiary alicyclic amines) is 1. The van der Waals surface area contributed by atoms with Gasteiger partial charge in [-0.3, -0.25) is 0 Å². The highest BCUT2D eigenvalue weighted by molar-refractivity contribution is 5.68. The van der Waals surface area contributed by atoms with Crippen LogP contribution in [0.4, 0.5) is 4.79 Å². The number of hydrogen-bond acceptors (Lipinski definition) is 5.